The normalized spacial score (nSPS) is 18.1. The van der Waals surface area contributed by atoms with Gasteiger partial charge in [-0.05, 0) is 55.7 Å². The highest BCUT2D eigenvalue weighted by Crippen LogP contribution is 2.43. The zero-order valence-electron chi connectivity index (χ0n) is 22.2. The van der Waals surface area contributed by atoms with Gasteiger partial charge in [-0.1, -0.05) is 19.4 Å². The molecular weight excluding hydrogens is 490 g/mol. The number of carbonyl (C=O) groups is 2. The number of unbranched alkanes of at least 4 members (excludes halogenated alkanes) is 1. The van der Waals surface area contributed by atoms with E-state index in [2.05, 4.69) is 6.92 Å². The van der Waals surface area contributed by atoms with E-state index in [1.54, 1.807) is 43.5 Å². The number of likely N-dealkylation sites (tertiary alicyclic amines) is 1. The summed E-state index contributed by atoms with van der Waals surface area (Å²) in [5, 5.41) is 11.4. The number of amides is 1. The molecule has 4 rings (SSSR count). The lowest BCUT2D eigenvalue weighted by Crippen LogP contribution is -2.31. The van der Waals surface area contributed by atoms with Crippen LogP contribution in [0.1, 0.15) is 50.3 Å². The third-order valence-electron chi connectivity index (χ3n) is 6.44. The van der Waals surface area contributed by atoms with Crippen LogP contribution in [0, 0.1) is 0 Å². The van der Waals surface area contributed by atoms with Crippen molar-refractivity contribution >= 4 is 17.4 Å². The first-order valence-corrected chi connectivity index (χ1v) is 13.1. The molecule has 38 heavy (non-hydrogen) atoms. The fourth-order valence-corrected chi connectivity index (χ4v) is 4.59. The van der Waals surface area contributed by atoms with Gasteiger partial charge in [-0.2, -0.15) is 0 Å². The molecule has 2 aromatic rings. The van der Waals surface area contributed by atoms with Crippen LogP contribution in [0.25, 0.3) is 5.76 Å². The average molecular weight is 526 g/mol. The number of methoxy groups -OCH3 is 1. The number of hydrogen-bond donors (Lipinski definition) is 1. The van der Waals surface area contributed by atoms with E-state index in [1.807, 2.05) is 6.92 Å². The Morgan fingerprint density at radius 2 is 1.76 bits per heavy atom. The molecule has 2 heterocycles. The number of rotatable bonds is 12. The number of aliphatic hydroxyl groups is 1. The van der Waals surface area contributed by atoms with Gasteiger partial charge in [-0.3, -0.25) is 9.59 Å². The molecule has 1 N–H and O–H groups in total. The number of hydrogen-bond acceptors (Lipinski definition) is 8. The van der Waals surface area contributed by atoms with E-state index >= 15 is 0 Å². The van der Waals surface area contributed by atoms with Gasteiger partial charge in [0.2, 0.25) is 0 Å². The minimum Gasteiger partial charge on any atom is -0.507 e. The van der Waals surface area contributed by atoms with E-state index in [4.69, 9.17) is 23.7 Å². The molecule has 0 unspecified atom stereocenters. The topological polar surface area (TPSA) is 104 Å². The monoisotopic (exact) mass is 525 g/mol. The molecule has 0 radical (unpaired) electrons. The van der Waals surface area contributed by atoms with Crippen LogP contribution in [0.4, 0.5) is 0 Å². The molecule has 9 heteroatoms. The van der Waals surface area contributed by atoms with Crippen LogP contribution in [0.15, 0.2) is 42.0 Å². The minimum atomic E-state index is -0.816. The van der Waals surface area contributed by atoms with Crippen molar-refractivity contribution < 1.29 is 38.4 Å². The number of Topliss-reactive ketones (excluding diaryl/α,β-unsaturated/α-hetero) is 1. The first kappa shape index (κ1) is 27.3. The van der Waals surface area contributed by atoms with Gasteiger partial charge < -0.3 is 33.7 Å². The summed E-state index contributed by atoms with van der Waals surface area (Å²) in [5.74, 6) is 0.436. The van der Waals surface area contributed by atoms with Crippen LogP contribution in [-0.2, 0) is 14.3 Å². The molecule has 0 aliphatic carbocycles. The fraction of sp³-hybridized carbons (Fsp3) is 0.448. The van der Waals surface area contributed by atoms with Gasteiger partial charge >= 0.3 is 0 Å². The summed E-state index contributed by atoms with van der Waals surface area (Å²) in [4.78, 5) is 28.0. The Bertz CT molecular complexity index is 1190. The first-order chi connectivity index (χ1) is 18.5. The summed E-state index contributed by atoms with van der Waals surface area (Å²) in [6.07, 6.45) is 2.43. The van der Waals surface area contributed by atoms with E-state index in [0.717, 1.165) is 12.8 Å². The summed E-state index contributed by atoms with van der Waals surface area (Å²) in [5.41, 5.74) is 0.997. The predicted octanol–water partition coefficient (Wildman–Crippen LogP) is 4.49. The second kappa shape index (κ2) is 12.7. The molecule has 0 aromatic heterocycles. The maximum absolute atomic E-state index is 13.3. The van der Waals surface area contributed by atoms with Gasteiger partial charge in [-0.25, -0.2) is 0 Å². The van der Waals surface area contributed by atoms with Crippen molar-refractivity contribution in [3.05, 3.63) is 53.1 Å². The van der Waals surface area contributed by atoms with Gasteiger partial charge in [0, 0.05) is 25.8 Å². The third kappa shape index (κ3) is 5.72. The molecule has 2 aliphatic rings. The van der Waals surface area contributed by atoms with Gasteiger partial charge in [-0.15, -0.1) is 0 Å². The van der Waals surface area contributed by atoms with E-state index in [9.17, 15) is 14.7 Å². The van der Waals surface area contributed by atoms with Crippen LogP contribution in [0.5, 0.6) is 23.0 Å². The first-order valence-electron chi connectivity index (χ1n) is 13.1. The van der Waals surface area contributed by atoms with Gasteiger partial charge in [0.05, 0.1) is 24.8 Å². The second-order valence-corrected chi connectivity index (χ2v) is 9.04. The van der Waals surface area contributed by atoms with Crippen molar-refractivity contribution in [2.24, 2.45) is 0 Å². The average Bonchev–Trinajstić information content (AvgIpc) is 3.18. The summed E-state index contributed by atoms with van der Waals surface area (Å²) in [7, 11) is 1.58. The van der Waals surface area contributed by atoms with Crippen molar-refractivity contribution in [2.45, 2.75) is 39.2 Å². The van der Waals surface area contributed by atoms with Crippen LogP contribution in [0.2, 0.25) is 0 Å². The van der Waals surface area contributed by atoms with Crippen LogP contribution >= 0.6 is 0 Å². The summed E-state index contributed by atoms with van der Waals surface area (Å²) < 4.78 is 28.2. The summed E-state index contributed by atoms with van der Waals surface area (Å²) in [6, 6.07) is 9.51. The standard InChI is InChI=1S/C29H35NO8/c1-4-6-14-36-21-10-8-19(17-23(21)35-5-2)26-25(28(32)29(33)30(26)12-7-13-34-3)27(31)20-9-11-22-24(18-20)38-16-15-37-22/h8-11,17-18,26,31H,4-7,12-16H2,1-3H3/t26-/m1/s1. The Balaban J connectivity index is 1.79. The summed E-state index contributed by atoms with van der Waals surface area (Å²) in [6.45, 7) is 6.45. The molecule has 2 aliphatic heterocycles. The highest BCUT2D eigenvalue weighted by Gasteiger charge is 2.46. The molecule has 0 bridgehead atoms. The number of carbonyl (C=O) groups excluding carboxylic acids is 2. The largest absolute Gasteiger partial charge is 0.507 e. The lowest BCUT2D eigenvalue weighted by molar-refractivity contribution is -0.140. The predicted molar refractivity (Wildman–Crippen MR) is 141 cm³/mol. The molecule has 1 amide bonds. The van der Waals surface area contributed by atoms with Crippen LogP contribution in [-0.4, -0.2) is 68.4 Å². The van der Waals surface area contributed by atoms with Gasteiger partial charge in [0.25, 0.3) is 11.7 Å². The van der Waals surface area contributed by atoms with Gasteiger partial charge in [0.15, 0.2) is 23.0 Å². The SMILES string of the molecule is CCCCOc1ccc([C@@H]2C(=C(O)c3ccc4c(c3)OCCO4)C(=O)C(=O)N2CCCOC)cc1OCC. The fourth-order valence-electron chi connectivity index (χ4n) is 4.59. The number of benzene rings is 2. The van der Waals surface area contributed by atoms with Crippen molar-refractivity contribution in [3.8, 4) is 23.0 Å². The Hall–Kier alpha value is -3.72. The lowest BCUT2D eigenvalue weighted by atomic mass is 9.94. The maximum Gasteiger partial charge on any atom is 0.295 e. The number of ether oxygens (including phenoxy) is 5. The molecule has 1 saturated heterocycles. The zero-order valence-corrected chi connectivity index (χ0v) is 22.2. The van der Waals surface area contributed by atoms with Crippen LogP contribution < -0.4 is 18.9 Å². The molecule has 0 saturated carbocycles. The molecule has 204 valence electrons. The van der Waals surface area contributed by atoms with E-state index in [1.165, 1.54) is 4.90 Å². The molecule has 2 aromatic carbocycles. The molecule has 1 fully saturated rings. The molecular formula is C29H35NO8. The number of aliphatic hydroxyl groups excluding tert-OH is 1. The van der Waals surface area contributed by atoms with Crippen molar-refractivity contribution in [1.82, 2.24) is 4.90 Å². The Labute approximate surface area is 222 Å². The van der Waals surface area contributed by atoms with Gasteiger partial charge in [0.1, 0.15) is 19.0 Å². The third-order valence-corrected chi connectivity index (χ3v) is 6.44. The molecule has 0 spiro atoms. The molecule has 9 nitrogen and oxygen atoms in total. The molecule has 1 atom stereocenters. The van der Waals surface area contributed by atoms with E-state index in [-0.39, 0.29) is 17.9 Å². The summed E-state index contributed by atoms with van der Waals surface area (Å²) >= 11 is 0. The van der Waals surface area contributed by atoms with Crippen molar-refractivity contribution in [3.63, 3.8) is 0 Å². The van der Waals surface area contributed by atoms with E-state index in [0.29, 0.717) is 73.6 Å². The lowest BCUT2D eigenvalue weighted by Gasteiger charge is -2.26. The highest BCUT2D eigenvalue weighted by molar-refractivity contribution is 6.46. The number of ketones is 1. The number of fused-ring (bicyclic) bond motifs is 1. The van der Waals surface area contributed by atoms with Crippen LogP contribution in [0.3, 0.4) is 0 Å². The van der Waals surface area contributed by atoms with Crippen molar-refractivity contribution in [1.29, 1.82) is 0 Å². The smallest absolute Gasteiger partial charge is 0.295 e. The Morgan fingerprint density at radius 3 is 2.50 bits per heavy atom. The maximum atomic E-state index is 13.3. The highest BCUT2D eigenvalue weighted by atomic mass is 16.6. The zero-order chi connectivity index (χ0) is 27.1. The minimum absolute atomic E-state index is 0.00574. The second-order valence-electron chi connectivity index (χ2n) is 9.04. The Kier molecular flexibility index (Phi) is 9.12. The van der Waals surface area contributed by atoms with E-state index < -0.39 is 17.7 Å². The quantitative estimate of drug-likeness (QED) is 0.187. The Morgan fingerprint density at radius 1 is 0.974 bits per heavy atom. The number of nitrogens with zero attached hydrogens (tertiary/aromatic N) is 1. The van der Waals surface area contributed by atoms with Crippen molar-refractivity contribution in [2.75, 3.05) is 46.7 Å².